The summed E-state index contributed by atoms with van der Waals surface area (Å²) < 4.78 is 10.4. The predicted molar refractivity (Wildman–Crippen MR) is 125 cm³/mol. The second-order valence-corrected chi connectivity index (χ2v) is 7.82. The van der Waals surface area contributed by atoms with E-state index in [2.05, 4.69) is 0 Å². The minimum Gasteiger partial charge on any atom is -0.419 e. The Morgan fingerprint density at radius 3 is 1.28 bits per heavy atom. The smallest absolute Gasteiger partial charge is 0.343 e. The number of hydrogen-bond acceptors (Lipinski definition) is 8. The van der Waals surface area contributed by atoms with Crippen LogP contribution in [0.25, 0.3) is 0 Å². The van der Waals surface area contributed by atoms with Crippen LogP contribution in [0.3, 0.4) is 0 Å². The average Bonchev–Trinajstić information content (AvgIpc) is 2.88. The van der Waals surface area contributed by atoms with E-state index in [4.69, 9.17) is 9.47 Å². The Balaban J connectivity index is 1.58. The van der Waals surface area contributed by atoms with E-state index in [1.165, 1.54) is 36.4 Å². The number of benzene rings is 2. The molecule has 36 heavy (non-hydrogen) atoms. The number of rotatable bonds is 5. The van der Waals surface area contributed by atoms with Gasteiger partial charge in [0.15, 0.2) is 23.1 Å². The summed E-state index contributed by atoms with van der Waals surface area (Å²) in [5.74, 6) is -4.47. The largest absolute Gasteiger partial charge is 0.419 e. The third-order valence-corrected chi connectivity index (χ3v) is 5.28. The zero-order chi connectivity index (χ0) is 25.7. The highest BCUT2D eigenvalue weighted by atomic mass is 16.5. The Hall–Kier alpha value is -4.98. The summed E-state index contributed by atoms with van der Waals surface area (Å²) in [4.78, 5) is 73.7. The molecule has 0 fully saturated rings. The van der Waals surface area contributed by atoms with Crippen LogP contribution in [-0.4, -0.2) is 35.1 Å². The molecule has 0 N–H and O–H groups in total. The lowest BCUT2D eigenvalue weighted by atomic mass is 9.94. The van der Waals surface area contributed by atoms with E-state index >= 15 is 0 Å². The molecule has 0 heterocycles. The van der Waals surface area contributed by atoms with Crippen LogP contribution in [0.1, 0.15) is 33.6 Å². The zero-order valence-electron chi connectivity index (χ0n) is 18.8. The minimum absolute atomic E-state index is 0.0268. The molecular formula is C28H18O8. The molecule has 0 aliphatic heterocycles. The minimum atomic E-state index is -0.754. The van der Waals surface area contributed by atoms with Gasteiger partial charge in [0.1, 0.15) is 0 Å². The number of carbonyl (C=O) groups excluding carboxylic acids is 6. The molecule has 4 rings (SSSR count). The topological polar surface area (TPSA) is 121 Å². The summed E-state index contributed by atoms with van der Waals surface area (Å²) in [6.07, 6.45) is 3.80. The average molecular weight is 482 g/mol. The fourth-order valence-electron chi connectivity index (χ4n) is 3.37. The summed E-state index contributed by atoms with van der Waals surface area (Å²) in [7, 11) is 0. The Labute approximate surface area is 205 Å². The van der Waals surface area contributed by atoms with Gasteiger partial charge in [-0.3, -0.25) is 19.2 Å². The normalized spacial score (nSPS) is 18.1. The Morgan fingerprint density at radius 1 is 0.556 bits per heavy atom. The van der Waals surface area contributed by atoms with E-state index < -0.39 is 47.9 Å². The van der Waals surface area contributed by atoms with Crippen molar-refractivity contribution in [2.24, 2.45) is 0 Å². The first kappa shape index (κ1) is 24.2. The van der Waals surface area contributed by atoms with Gasteiger partial charge >= 0.3 is 11.9 Å². The molecule has 0 spiro atoms. The van der Waals surface area contributed by atoms with Gasteiger partial charge in [0, 0.05) is 11.1 Å². The van der Waals surface area contributed by atoms with Crippen molar-refractivity contribution in [2.75, 3.05) is 0 Å². The second-order valence-electron chi connectivity index (χ2n) is 7.82. The van der Waals surface area contributed by atoms with Gasteiger partial charge in [0.2, 0.25) is 11.6 Å². The highest BCUT2D eigenvalue weighted by Gasteiger charge is 2.28. The van der Waals surface area contributed by atoms with Crippen LogP contribution in [0.4, 0.5) is 0 Å². The van der Waals surface area contributed by atoms with Gasteiger partial charge in [-0.25, -0.2) is 9.59 Å². The van der Waals surface area contributed by atoms with Gasteiger partial charge in [-0.1, -0.05) is 48.6 Å². The molecule has 0 atom stereocenters. The summed E-state index contributed by atoms with van der Waals surface area (Å²) >= 11 is 0. The van der Waals surface area contributed by atoms with E-state index in [1.54, 1.807) is 36.4 Å². The summed E-state index contributed by atoms with van der Waals surface area (Å²) in [6.45, 7) is 0. The molecule has 2 aromatic rings. The van der Waals surface area contributed by atoms with Crippen molar-refractivity contribution in [3.8, 4) is 0 Å². The van der Waals surface area contributed by atoms with Crippen molar-refractivity contribution in [3.05, 3.63) is 119 Å². The molecule has 0 saturated heterocycles. The third-order valence-electron chi connectivity index (χ3n) is 5.28. The molecule has 0 radical (unpaired) electrons. The van der Waals surface area contributed by atoms with Gasteiger partial charge in [-0.2, -0.15) is 0 Å². The Bertz CT molecular complexity index is 1300. The number of hydrogen-bond donors (Lipinski definition) is 0. The van der Waals surface area contributed by atoms with Gasteiger partial charge in [-0.15, -0.1) is 0 Å². The maximum absolute atomic E-state index is 12.4. The molecule has 2 aliphatic rings. The molecule has 0 saturated carbocycles. The molecule has 0 unspecified atom stereocenters. The van der Waals surface area contributed by atoms with Gasteiger partial charge in [0.05, 0.1) is 24.0 Å². The SMILES string of the molecule is O=C1CC(=O)/C(=C\C=C2/C=C(OC(=O)c3ccccc3)C(=O)CC2=O)C=C1OC(=O)c1ccccc1. The van der Waals surface area contributed by atoms with Crippen LogP contribution in [0.15, 0.2) is 108 Å². The molecule has 0 bridgehead atoms. The lowest BCUT2D eigenvalue weighted by Crippen LogP contribution is -2.22. The number of carbonyl (C=O) groups is 6. The van der Waals surface area contributed by atoms with Gasteiger partial charge in [0.25, 0.3) is 0 Å². The number of esters is 2. The standard InChI is InChI=1S/C28H18O8/c29-21-15-23(31)25(35-27(33)17-7-3-1-4-8-17)13-19(21)11-12-20-14-26(24(32)16-22(20)30)36-28(34)18-9-5-2-6-10-18/h1-14H,15-16H2/b19-11-,20-12+. The Kier molecular flexibility index (Phi) is 7.06. The summed E-state index contributed by atoms with van der Waals surface area (Å²) in [5.41, 5.74) is 0.518. The number of allylic oxidation sites excluding steroid dienone is 8. The van der Waals surface area contributed by atoms with Crippen LogP contribution in [0.2, 0.25) is 0 Å². The zero-order valence-corrected chi connectivity index (χ0v) is 18.8. The van der Waals surface area contributed by atoms with Gasteiger partial charge < -0.3 is 9.47 Å². The van der Waals surface area contributed by atoms with Crippen LogP contribution < -0.4 is 0 Å². The van der Waals surface area contributed by atoms with E-state index in [1.807, 2.05) is 0 Å². The molecule has 0 aromatic heterocycles. The first-order chi connectivity index (χ1) is 17.3. The second kappa shape index (κ2) is 10.5. The Morgan fingerprint density at radius 2 is 0.917 bits per heavy atom. The molecular weight excluding hydrogens is 464 g/mol. The quantitative estimate of drug-likeness (QED) is 0.361. The molecule has 8 heteroatoms. The van der Waals surface area contributed by atoms with Crippen LogP contribution >= 0.6 is 0 Å². The molecule has 2 aliphatic carbocycles. The van der Waals surface area contributed by atoms with E-state index in [0.29, 0.717) is 0 Å². The predicted octanol–water partition coefficient (Wildman–Crippen LogP) is 3.40. The lowest BCUT2D eigenvalue weighted by molar-refractivity contribution is -0.126. The van der Waals surface area contributed by atoms with E-state index in [0.717, 1.165) is 12.2 Å². The van der Waals surface area contributed by atoms with Crippen molar-refractivity contribution in [2.45, 2.75) is 12.8 Å². The summed E-state index contributed by atoms with van der Waals surface area (Å²) in [6, 6.07) is 16.1. The maximum Gasteiger partial charge on any atom is 0.343 e. The number of ketones is 4. The van der Waals surface area contributed by atoms with Crippen molar-refractivity contribution >= 4 is 35.1 Å². The van der Waals surface area contributed by atoms with E-state index in [-0.39, 0.29) is 33.8 Å². The first-order valence-electron chi connectivity index (χ1n) is 10.8. The fourth-order valence-corrected chi connectivity index (χ4v) is 3.37. The molecule has 0 amide bonds. The van der Waals surface area contributed by atoms with Crippen molar-refractivity contribution < 1.29 is 38.2 Å². The fraction of sp³-hybridized carbons (Fsp3) is 0.0714. The van der Waals surface area contributed by atoms with Gasteiger partial charge in [-0.05, 0) is 36.4 Å². The first-order valence-corrected chi connectivity index (χ1v) is 10.8. The van der Waals surface area contributed by atoms with Crippen LogP contribution in [0.5, 0.6) is 0 Å². The van der Waals surface area contributed by atoms with Crippen molar-refractivity contribution in [1.29, 1.82) is 0 Å². The molecule has 8 nitrogen and oxygen atoms in total. The number of Topliss-reactive ketones (excluding diaryl/α,β-unsaturated/α-hetero) is 4. The summed E-state index contributed by atoms with van der Waals surface area (Å²) in [5, 5.41) is 0. The monoisotopic (exact) mass is 482 g/mol. The van der Waals surface area contributed by atoms with E-state index in [9.17, 15) is 28.8 Å². The number of ether oxygens (including phenoxy) is 2. The van der Waals surface area contributed by atoms with Crippen LogP contribution in [0, 0.1) is 0 Å². The highest BCUT2D eigenvalue weighted by molar-refractivity contribution is 6.19. The molecule has 2 aromatic carbocycles. The molecule has 178 valence electrons. The third kappa shape index (κ3) is 5.56. The van der Waals surface area contributed by atoms with Crippen molar-refractivity contribution in [1.82, 2.24) is 0 Å². The maximum atomic E-state index is 12.4. The van der Waals surface area contributed by atoms with Crippen LogP contribution in [-0.2, 0) is 28.7 Å². The highest BCUT2D eigenvalue weighted by Crippen LogP contribution is 2.22. The van der Waals surface area contributed by atoms with Crippen molar-refractivity contribution in [3.63, 3.8) is 0 Å². The lowest BCUT2D eigenvalue weighted by Gasteiger charge is -2.14.